The number of anilines is 1. The molecule has 0 saturated carbocycles. The lowest BCUT2D eigenvalue weighted by atomic mass is 10.1. The fourth-order valence-electron chi connectivity index (χ4n) is 2.51. The fourth-order valence-corrected chi connectivity index (χ4v) is 2.51. The summed E-state index contributed by atoms with van der Waals surface area (Å²) in [5, 5.41) is 2.69. The number of hydrogen-bond donors (Lipinski definition) is 1. The standard InChI is InChI=1S/C21H25NO6/c1-14(21(24)22-16-8-11-18(26-3)19(13-16)27-4)28-20(23)12-7-15-5-9-17(25-2)10-6-15/h5-6,8-11,13-14H,7,12H2,1-4H3,(H,22,24)/t14-/m1/s1. The van der Waals surface area contributed by atoms with Gasteiger partial charge in [0.05, 0.1) is 21.3 Å². The minimum absolute atomic E-state index is 0.181. The summed E-state index contributed by atoms with van der Waals surface area (Å²) in [7, 11) is 4.64. The van der Waals surface area contributed by atoms with E-state index in [2.05, 4.69) is 5.32 Å². The van der Waals surface area contributed by atoms with Crippen molar-refractivity contribution < 1.29 is 28.5 Å². The van der Waals surface area contributed by atoms with Crippen LogP contribution < -0.4 is 19.5 Å². The second-order valence-electron chi connectivity index (χ2n) is 6.04. The number of carbonyl (C=O) groups excluding carboxylic acids is 2. The van der Waals surface area contributed by atoms with E-state index in [0.29, 0.717) is 23.6 Å². The predicted molar refractivity (Wildman–Crippen MR) is 105 cm³/mol. The van der Waals surface area contributed by atoms with Gasteiger partial charge in [0.1, 0.15) is 5.75 Å². The third-order valence-corrected chi connectivity index (χ3v) is 4.11. The number of aryl methyl sites for hydroxylation is 1. The molecule has 0 saturated heterocycles. The van der Waals surface area contributed by atoms with Crippen molar-refractivity contribution in [2.45, 2.75) is 25.9 Å². The minimum atomic E-state index is -0.920. The van der Waals surface area contributed by atoms with Crippen LogP contribution in [0, 0.1) is 0 Å². The molecule has 2 aromatic carbocycles. The number of hydrogen-bond acceptors (Lipinski definition) is 6. The number of methoxy groups -OCH3 is 3. The van der Waals surface area contributed by atoms with Gasteiger partial charge in [-0.3, -0.25) is 9.59 Å². The Morgan fingerprint density at radius 1 is 0.929 bits per heavy atom. The Labute approximate surface area is 164 Å². The molecule has 1 amide bonds. The SMILES string of the molecule is COc1ccc(CCC(=O)O[C@H](C)C(=O)Nc2ccc(OC)c(OC)c2)cc1. The lowest BCUT2D eigenvalue weighted by Gasteiger charge is -2.15. The lowest BCUT2D eigenvalue weighted by molar-refractivity contribution is -0.153. The Balaban J connectivity index is 1.84. The van der Waals surface area contributed by atoms with Crippen molar-refractivity contribution in [2.75, 3.05) is 26.6 Å². The van der Waals surface area contributed by atoms with Crippen molar-refractivity contribution in [3.8, 4) is 17.2 Å². The van der Waals surface area contributed by atoms with Gasteiger partial charge in [0, 0.05) is 18.2 Å². The Morgan fingerprint density at radius 2 is 1.61 bits per heavy atom. The maximum atomic E-state index is 12.3. The predicted octanol–water partition coefficient (Wildman–Crippen LogP) is 3.22. The van der Waals surface area contributed by atoms with E-state index in [4.69, 9.17) is 18.9 Å². The highest BCUT2D eigenvalue weighted by Crippen LogP contribution is 2.29. The third kappa shape index (κ3) is 5.90. The molecule has 0 aromatic heterocycles. The van der Waals surface area contributed by atoms with Gasteiger partial charge < -0.3 is 24.3 Å². The first-order valence-corrected chi connectivity index (χ1v) is 8.82. The summed E-state index contributed by atoms with van der Waals surface area (Å²) >= 11 is 0. The van der Waals surface area contributed by atoms with Gasteiger partial charge in [-0.2, -0.15) is 0 Å². The summed E-state index contributed by atoms with van der Waals surface area (Å²) in [6.45, 7) is 1.53. The molecule has 0 spiro atoms. The van der Waals surface area contributed by atoms with E-state index in [1.807, 2.05) is 24.3 Å². The van der Waals surface area contributed by atoms with Crippen molar-refractivity contribution >= 4 is 17.6 Å². The fraction of sp³-hybridized carbons (Fsp3) is 0.333. The van der Waals surface area contributed by atoms with Crippen LogP contribution in [0.15, 0.2) is 42.5 Å². The highest BCUT2D eigenvalue weighted by molar-refractivity contribution is 5.95. The average Bonchev–Trinajstić information content (AvgIpc) is 2.72. The first kappa shape index (κ1) is 21.1. The molecule has 0 aliphatic rings. The normalized spacial score (nSPS) is 11.3. The molecule has 0 bridgehead atoms. The molecule has 1 N–H and O–H groups in total. The smallest absolute Gasteiger partial charge is 0.306 e. The Bertz CT molecular complexity index is 803. The van der Waals surface area contributed by atoms with Gasteiger partial charge in [0.25, 0.3) is 5.91 Å². The summed E-state index contributed by atoms with van der Waals surface area (Å²) in [5.74, 6) is 0.936. The maximum absolute atomic E-state index is 12.3. The molecule has 2 rings (SSSR count). The number of amides is 1. The maximum Gasteiger partial charge on any atom is 0.306 e. The van der Waals surface area contributed by atoms with E-state index in [-0.39, 0.29) is 6.42 Å². The summed E-state index contributed by atoms with van der Waals surface area (Å²) in [6, 6.07) is 12.4. The first-order chi connectivity index (χ1) is 13.5. The van der Waals surface area contributed by atoms with Gasteiger partial charge in [-0.15, -0.1) is 0 Å². The van der Waals surface area contributed by atoms with Gasteiger partial charge in [-0.05, 0) is 43.2 Å². The van der Waals surface area contributed by atoms with Crippen molar-refractivity contribution in [3.63, 3.8) is 0 Å². The number of rotatable bonds is 9. The third-order valence-electron chi connectivity index (χ3n) is 4.11. The van der Waals surface area contributed by atoms with Crippen molar-refractivity contribution in [1.82, 2.24) is 0 Å². The molecule has 150 valence electrons. The molecule has 7 heteroatoms. The van der Waals surface area contributed by atoms with Crippen LogP contribution in [0.4, 0.5) is 5.69 Å². The first-order valence-electron chi connectivity index (χ1n) is 8.82. The van der Waals surface area contributed by atoms with Gasteiger partial charge in [0.2, 0.25) is 0 Å². The van der Waals surface area contributed by atoms with Crippen molar-refractivity contribution in [2.24, 2.45) is 0 Å². The molecule has 0 radical (unpaired) electrons. The van der Waals surface area contributed by atoms with Crippen molar-refractivity contribution in [3.05, 3.63) is 48.0 Å². The van der Waals surface area contributed by atoms with E-state index >= 15 is 0 Å². The van der Waals surface area contributed by atoms with Gasteiger partial charge in [-0.25, -0.2) is 0 Å². The Morgan fingerprint density at radius 3 is 2.21 bits per heavy atom. The zero-order valence-corrected chi connectivity index (χ0v) is 16.5. The summed E-state index contributed by atoms with van der Waals surface area (Å²) in [4.78, 5) is 24.3. The summed E-state index contributed by atoms with van der Waals surface area (Å²) in [5.41, 5.74) is 1.50. The van der Waals surface area contributed by atoms with Crippen LogP contribution in [0.3, 0.4) is 0 Å². The zero-order chi connectivity index (χ0) is 20.5. The van der Waals surface area contributed by atoms with Crippen LogP contribution in [-0.2, 0) is 20.7 Å². The van der Waals surface area contributed by atoms with E-state index in [9.17, 15) is 9.59 Å². The van der Waals surface area contributed by atoms with E-state index in [0.717, 1.165) is 11.3 Å². The molecular weight excluding hydrogens is 362 g/mol. The van der Waals surface area contributed by atoms with E-state index in [1.165, 1.54) is 21.1 Å². The summed E-state index contributed by atoms with van der Waals surface area (Å²) in [6.07, 6.45) is -0.218. The van der Waals surface area contributed by atoms with Crippen LogP contribution in [0.25, 0.3) is 0 Å². The number of ether oxygens (including phenoxy) is 4. The van der Waals surface area contributed by atoms with Crippen LogP contribution in [0.1, 0.15) is 18.9 Å². The molecule has 7 nitrogen and oxygen atoms in total. The van der Waals surface area contributed by atoms with E-state index in [1.54, 1.807) is 25.3 Å². The van der Waals surface area contributed by atoms with Crippen molar-refractivity contribution in [1.29, 1.82) is 0 Å². The largest absolute Gasteiger partial charge is 0.497 e. The quantitative estimate of drug-likeness (QED) is 0.665. The van der Waals surface area contributed by atoms with Crippen LogP contribution in [-0.4, -0.2) is 39.3 Å². The number of benzene rings is 2. The van der Waals surface area contributed by atoms with Gasteiger partial charge in [0.15, 0.2) is 17.6 Å². The van der Waals surface area contributed by atoms with Gasteiger partial charge in [-0.1, -0.05) is 12.1 Å². The highest BCUT2D eigenvalue weighted by Gasteiger charge is 2.18. The molecule has 0 fully saturated rings. The highest BCUT2D eigenvalue weighted by atomic mass is 16.5. The second-order valence-corrected chi connectivity index (χ2v) is 6.04. The lowest BCUT2D eigenvalue weighted by Crippen LogP contribution is -2.30. The number of esters is 1. The average molecular weight is 387 g/mol. The van der Waals surface area contributed by atoms with Gasteiger partial charge >= 0.3 is 5.97 Å². The molecular formula is C21H25NO6. The number of carbonyl (C=O) groups is 2. The molecule has 28 heavy (non-hydrogen) atoms. The molecule has 0 unspecified atom stereocenters. The Kier molecular flexibility index (Phi) is 7.68. The van der Waals surface area contributed by atoms with Crippen LogP contribution >= 0.6 is 0 Å². The molecule has 0 heterocycles. The second kappa shape index (κ2) is 10.2. The molecule has 2 aromatic rings. The van der Waals surface area contributed by atoms with E-state index < -0.39 is 18.0 Å². The Hall–Kier alpha value is -3.22. The van der Waals surface area contributed by atoms with Crippen LogP contribution in [0.5, 0.6) is 17.2 Å². The summed E-state index contributed by atoms with van der Waals surface area (Å²) < 4.78 is 20.7. The monoisotopic (exact) mass is 387 g/mol. The molecule has 1 atom stereocenters. The molecule has 0 aliphatic carbocycles. The molecule has 0 aliphatic heterocycles. The minimum Gasteiger partial charge on any atom is -0.497 e. The number of nitrogens with one attached hydrogen (secondary N) is 1. The topological polar surface area (TPSA) is 83.1 Å². The van der Waals surface area contributed by atoms with Crippen LogP contribution in [0.2, 0.25) is 0 Å². The zero-order valence-electron chi connectivity index (χ0n) is 16.5.